The molecule has 1 saturated heterocycles. The lowest BCUT2D eigenvalue weighted by atomic mass is 10.1. The summed E-state index contributed by atoms with van der Waals surface area (Å²) in [5.41, 5.74) is -0.00143. The number of hydrogen-bond acceptors (Lipinski definition) is 6. The number of methoxy groups -OCH3 is 1. The molecule has 27 heavy (non-hydrogen) atoms. The molecular weight excluding hydrogens is 352 g/mol. The Kier molecular flexibility index (Phi) is 8.99. The summed E-state index contributed by atoms with van der Waals surface area (Å²) in [6, 6.07) is 0. The molecule has 0 aliphatic carbocycles. The van der Waals surface area contributed by atoms with Gasteiger partial charge in [-0.15, -0.1) is 0 Å². The number of rotatable bonds is 10. The third-order valence-corrected chi connectivity index (χ3v) is 4.34. The van der Waals surface area contributed by atoms with Gasteiger partial charge in [0.05, 0.1) is 24.1 Å². The highest BCUT2D eigenvalue weighted by Gasteiger charge is 2.21. The van der Waals surface area contributed by atoms with Crippen LogP contribution in [0.4, 0.5) is 5.69 Å². The molecule has 10 nitrogen and oxygen atoms in total. The molecule has 10 heteroatoms. The SMILES string of the molecule is CCNC(=NCCn1cc([N+](=O)[O-])cn1)N1CCC(OCCCOC)CC1. The van der Waals surface area contributed by atoms with Crippen LogP contribution in [0.25, 0.3) is 0 Å². The molecule has 152 valence electrons. The van der Waals surface area contributed by atoms with Crippen molar-refractivity contribution >= 4 is 11.6 Å². The molecule has 0 amide bonds. The van der Waals surface area contributed by atoms with Crippen LogP contribution in [0.15, 0.2) is 17.4 Å². The Morgan fingerprint density at radius 3 is 2.85 bits per heavy atom. The smallest absolute Gasteiger partial charge is 0.306 e. The number of nitrogens with one attached hydrogen (secondary N) is 1. The second-order valence-electron chi connectivity index (χ2n) is 6.36. The number of hydrogen-bond donors (Lipinski definition) is 1. The van der Waals surface area contributed by atoms with Gasteiger partial charge in [0, 0.05) is 40.0 Å². The van der Waals surface area contributed by atoms with E-state index in [9.17, 15) is 10.1 Å². The maximum Gasteiger partial charge on any atom is 0.306 e. The molecule has 0 radical (unpaired) electrons. The minimum atomic E-state index is -0.446. The zero-order valence-corrected chi connectivity index (χ0v) is 16.2. The van der Waals surface area contributed by atoms with Crippen LogP contribution in [0, 0.1) is 10.1 Å². The summed E-state index contributed by atoms with van der Waals surface area (Å²) in [6.07, 6.45) is 5.85. The Hall–Kier alpha value is -2.20. The van der Waals surface area contributed by atoms with Crippen LogP contribution in [-0.2, 0) is 16.0 Å². The number of aliphatic imine (C=N–C) groups is 1. The van der Waals surface area contributed by atoms with E-state index < -0.39 is 4.92 Å². The Balaban J connectivity index is 1.78. The van der Waals surface area contributed by atoms with E-state index in [-0.39, 0.29) is 5.69 Å². The quantitative estimate of drug-likeness (QED) is 0.213. The summed E-state index contributed by atoms with van der Waals surface area (Å²) in [4.78, 5) is 17.1. The molecule has 1 N–H and O–H groups in total. The van der Waals surface area contributed by atoms with Crippen molar-refractivity contribution in [1.82, 2.24) is 20.0 Å². The summed E-state index contributed by atoms with van der Waals surface area (Å²) >= 11 is 0. The lowest BCUT2D eigenvalue weighted by Gasteiger charge is -2.34. The fourth-order valence-electron chi connectivity index (χ4n) is 2.94. The molecule has 1 aromatic heterocycles. The van der Waals surface area contributed by atoms with Crippen LogP contribution < -0.4 is 5.32 Å². The van der Waals surface area contributed by atoms with E-state index in [4.69, 9.17) is 9.47 Å². The van der Waals surface area contributed by atoms with Crippen molar-refractivity contribution in [2.24, 2.45) is 4.99 Å². The van der Waals surface area contributed by atoms with Gasteiger partial charge in [0.1, 0.15) is 12.4 Å². The topological polar surface area (TPSA) is 107 Å². The first-order valence-corrected chi connectivity index (χ1v) is 9.44. The van der Waals surface area contributed by atoms with Crippen molar-refractivity contribution < 1.29 is 14.4 Å². The predicted octanol–water partition coefficient (Wildman–Crippen LogP) is 1.27. The second kappa shape index (κ2) is 11.5. The summed E-state index contributed by atoms with van der Waals surface area (Å²) in [5.74, 6) is 0.872. The number of aromatic nitrogens is 2. The minimum absolute atomic E-state index is 0.00143. The Bertz CT molecular complexity index is 598. The third-order valence-electron chi connectivity index (χ3n) is 4.34. The van der Waals surface area contributed by atoms with E-state index in [1.54, 1.807) is 11.8 Å². The van der Waals surface area contributed by atoms with E-state index in [1.165, 1.54) is 12.4 Å². The molecule has 2 rings (SSSR count). The maximum absolute atomic E-state index is 10.7. The lowest BCUT2D eigenvalue weighted by Crippen LogP contribution is -2.47. The normalized spacial score (nSPS) is 15.9. The van der Waals surface area contributed by atoms with Gasteiger partial charge in [-0.3, -0.25) is 19.8 Å². The van der Waals surface area contributed by atoms with Crippen LogP contribution in [0.3, 0.4) is 0 Å². The van der Waals surface area contributed by atoms with Gasteiger partial charge in [-0.25, -0.2) is 0 Å². The van der Waals surface area contributed by atoms with Crippen molar-refractivity contribution in [3.05, 3.63) is 22.5 Å². The summed E-state index contributed by atoms with van der Waals surface area (Å²) < 4.78 is 12.5. The number of piperidine rings is 1. The van der Waals surface area contributed by atoms with Gasteiger partial charge in [0.15, 0.2) is 5.96 Å². The van der Waals surface area contributed by atoms with Crippen molar-refractivity contribution in [3.63, 3.8) is 0 Å². The third kappa shape index (κ3) is 7.14. The van der Waals surface area contributed by atoms with E-state index in [1.807, 2.05) is 6.92 Å². The van der Waals surface area contributed by atoms with Gasteiger partial charge in [0.25, 0.3) is 0 Å². The summed E-state index contributed by atoms with van der Waals surface area (Å²) in [5, 5.41) is 18.0. The van der Waals surface area contributed by atoms with Crippen molar-refractivity contribution in [2.75, 3.05) is 46.5 Å². The highest BCUT2D eigenvalue weighted by molar-refractivity contribution is 5.80. The molecule has 1 aliphatic heterocycles. The Morgan fingerprint density at radius 1 is 1.44 bits per heavy atom. The van der Waals surface area contributed by atoms with Crippen molar-refractivity contribution in [2.45, 2.75) is 38.8 Å². The van der Waals surface area contributed by atoms with E-state index in [0.717, 1.165) is 58.1 Å². The molecular formula is C17H30N6O4. The van der Waals surface area contributed by atoms with Crippen LogP contribution in [0.5, 0.6) is 0 Å². The fourth-order valence-corrected chi connectivity index (χ4v) is 2.94. The first-order chi connectivity index (χ1) is 13.1. The van der Waals surface area contributed by atoms with Crippen LogP contribution >= 0.6 is 0 Å². The average Bonchev–Trinajstić information content (AvgIpc) is 3.14. The molecule has 0 atom stereocenters. The van der Waals surface area contributed by atoms with E-state index >= 15 is 0 Å². The molecule has 1 aromatic rings. The first kappa shape index (κ1) is 21.1. The van der Waals surface area contributed by atoms with Crippen molar-refractivity contribution in [3.8, 4) is 0 Å². The van der Waals surface area contributed by atoms with Gasteiger partial charge >= 0.3 is 5.69 Å². The second-order valence-corrected chi connectivity index (χ2v) is 6.36. The minimum Gasteiger partial charge on any atom is -0.385 e. The average molecular weight is 382 g/mol. The zero-order valence-electron chi connectivity index (χ0n) is 16.2. The monoisotopic (exact) mass is 382 g/mol. The predicted molar refractivity (Wildman–Crippen MR) is 102 cm³/mol. The molecule has 0 aromatic carbocycles. The van der Waals surface area contributed by atoms with Crippen LogP contribution in [0.2, 0.25) is 0 Å². The summed E-state index contributed by atoms with van der Waals surface area (Å²) in [6.45, 7) is 7.11. The standard InChI is InChI=1S/C17H30N6O4/c1-3-18-17(19-7-10-22-14-15(13-20-22)23(24)25)21-8-5-16(6-9-21)27-12-4-11-26-2/h13-14,16H,3-12H2,1-2H3,(H,18,19). The number of nitro groups is 1. The largest absolute Gasteiger partial charge is 0.385 e. The number of ether oxygens (including phenoxy) is 2. The molecule has 1 aliphatic rings. The molecule has 0 unspecified atom stereocenters. The fraction of sp³-hybridized carbons (Fsp3) is 0.765. The molecule has 2 heterocycles. The van der Waals surface area contributed by atoms with Crippen LogP contribution in [0.1, 0.15) is 26.2 Å². The lowest BCUT2D eigenvalue weighted by molar-refractivity contribution is -0.385. The van der Waals surface area contributed by atoms with Gasteiger partial charge < -0.3 is 19.7 Å². The van der Waals surface area contributed by atoms with Crippen molar-refractivity contribution in [1.29, 1.82) is 0 Å². The zero-order chi connectivity index (χ0) is 19.5. The van der Waals surface area contributed by atoms with Gasteiger partial charge in [-0.1, -0.05) is 0 Å². The van der Waals surface area contributed by atoms with Gasteiger partial charge in [0.2, 0.25) is 0 Å². The number of likely N-dealkylation sites (tertiary alicyclic amines) is 1. The van der Waals surface area contributed by atoms with E-state index in [0.29, 0.717) is 19.2 Å². The highest BCUT2D eigenvalue weighted by Crippen LogP contribution is 2.14. The first-order valence-electron chi connectivity index (χ1n) is 9.44. The molecule has 0 spiro atoms. The van der Waals surface area contributed by atoms with Gasteiger partial charge in [-0.2, -0.15) is 5.10 Å². The summed E-state index contributed by atoms with van der Waals surface area (Å²) in [7, 11) is 1.70. The maximum atomic E-state index is 10.7. The highest BCUT2D eigenvalue weighted by atomic mass is 16.6. The van der Waals surface area contributed by atoms with Gasteiger partial charge in [-0.05, 0) is 26.2 Å². The molecule has 0 saturated carbocycles. The Labute approximate surface area is 159 Å². The Morgan fingerprint density at radius 2 is 2.22 bits per heavy atom. The molecule has 0 bridgehead atoms. The van der Waals surface area contributed by atoms with Crippen LogP contribution in [-0.4, -0.2) is 78.2 Å². The number of nitrogens with zero attached hydrogens (tertiary/aromatic N) is 5. The molecule has 1 fully saturated rings. The number of guanidine groups is 1. The van der Waals surface area contributed by atoms with E-state index in [2.05, 4.69) is 20.3 Å².